The number of nitrogens with one attached hydrogen (secondary N) is 1. The summed E-state index contributed by atoms with van der Waals surface area (Å²) in [6.45, 7) is 1.58. The van der Waals surface area contributed by atoms with E-state index < -0.39 is 0 Å². The highest BCUT2D eigenvalue weighted by molar-refractivity contribution is 6.30. The quantitative estimate of drug-likeness (QED) is 0.856. The molecule has 1 fully saturated rings. The Morgan fingerprint density at radius 2 is 1.91 bits per heavy atom. The first-order valence-corrected chi connectivity index (χ1v) is 8.31. The molecular weight excluding hydrogens is 308 g/mol. The van der Waals surface area contributed by atoms with E-state index >= 15 is 0 Å². The summed E-state index contributed by atoms with van der Waals surface area (Å²) in [5.41, 5.74) is 3.18. The molecule has 3 nitrogen and oxygen atoms in total. The van der Waals surface area contributed by atoms with Crippen LogP contribution in [0.5, 0.6) is 0 Å². The van der Waals surface area contributed by atoms with Crippen LogP contribution in [0.3, 0.4) is 0 Å². The minimum Gasteiger partial charge on any atom is -0.326 e. The number of carbonyl (C=O) groups is 1. The first kappa shape index (κ1) is 16.0. The fourth-order valence-electron chi connectivity index (χ4n) is 2.64. The standard InChI is InChI=1S/C19H21ClN2O/c1-22(12-14-5-3-2-4-6-14)13-16-11-17(20)9-10-18(16)21-19(23)15-7-8-15/h2-6,9-11,15H,7-8,12-13H2,1H3,(H,21,23). The highest BCUT2D eigenvalue weighted by atomic mass is 35.5. The number of amides is 1. The van der Waals surface area contributed by atoms with E-state index in [9.17, 15) is 4.79 Å². The topological polar surface area (TPSA) is 32.3 Å². The summed E-state index contributed by atoms with van der Waals surface area (Å²) < 4.78 is 0. The van der Waals surface area contributed by atoms with Gasteiger partial charge in [0.15, 0.2) is 0 Å². The van der Waals surface area contributed by atoms with Gasteiger partial charge in [0.25, 0.3) is 0 Å². The van der Waals surface area contributed by atoms with Crippen LogP contribution >= 0.6 is 11.6 Å². The maximum Gasteiger partial charge on any atom is 0.227 e. The minimum atomic E-state index is 0.124. The van der Waals surface area contributed by atoms with Gasteiger partial charge in [-0.3, -0.25) is 9.69 Å². The van der Waals surface area contributed by atoms with E-state index in [4.69, 9.17) is 11.6 Å². The van der Waals surface area contributed by atoms with Gasteiger partial charge in [0.1, 0.15) is 0 Å². The Bertz CT molecular complexity index is 683. The molecule has 2 aromatic rings. The summed E-state index contributed by atoms with van der Waals surface area (Å²) in [4.78, 5) is 14.2. The van der Waals surface area contributed by atoms with Gasteiger partial charge in [-0.15, -0.1) is 0 Å². The molecule has 1 saturated carbocycles. The van der Waals surface area contributed by atoms with Gasteiger partial charge in [-0.1, -0.05) is 41.9 Å². The lowest BCUT2D eigenvalue weighted by atomic mass is 10.1. The maximum absolute atomic E-state index is 12.0. The molecule has 0 saturated heterocycles. The maximum atomic E-state index is 12.0. The number of rotatable bonds is 6. The van der Waals surface area contributed by atoms with Crippen LogP contribution < -0.4 is 5.32 Å². The second kappa shape index (κ2) is 7.16. The van der Waals surface area contributed by atoms with Crippen LogP contribution in [0.25, 0.3) is 0 Å². The molecule has 0 heterocycles. The number of halogens is 1. The largest absolute Gasteiger partial charge is 0.326 e. The Balaban J connectivity index is 1.70. The molecule has 1 aliphatic rings. The first-order valence-electron chi connectivity index (χ1n) is 7.93. The molecular formula is C19H21ClN2O. The Kier molecular flexibility index (Phi) is 4.99. The molecule has 2 aromatic carbocycles. The van der Waals surface area contributed by atoms with Crippen LogP contribution in [-0.2, 0) is 17.9 Å². The lowest BCUT2D eigenvalue weighted by Crippen LogP contribution is -2.20. The van der Waals surface area contributed by atoms with E-state index in [1.54, 1.807) is 0 Å². The molecule has 0 aromatic heterocycles. The number of nitrogens with zero attached hydrogens (tertiary/aromatic N) is 1. The van der Waals surface area contributed by atoms with Crippen molar-refractivity contribution in [2.75, 3.05) is 12.4 Å². The summed E-state index contributed by atoms with van der Waals surface area (Å²) in [6.07, 6.45) is 2.01. The van der Waals surface area contributed by atoms with Gasteiger partial charge in [0.05, 0.1) is 0 Å². The van der Waals surface area contributed by atoms with E-state index in [-0.39, 0.29) is 11.8 Å². The second-order valence-corrected chi connectivity index (χ2v) is 6.66. The monoisotopic (exact) mass is 328 g/mol. The Labute approximate surface area is 142 Å². The van der Waals surface area contributed by atoms with Crippen LogP contribution in [0, 0.1) is 5.92 Å². The molecule has 4 heteroatoms. The van der Waals surface area contributed by atoms with E-state index in [1.807, 2.05) is 36.4 Å². The molecule has 23 heavy (non-hydrogen) atoms. The van der Waals surface area contributed by atoms with Gasteiger partial charge < -0.3 is 5.32 Å². The summed E-state index contributed by atoms with van der Waals surface area (Å²) in [5, 5.41) is 3.74. The average Bonchev–Trinajstić information content (AvgIpc) is 3.35. The van der Waals surface area contributed by atoms with Crippen LogP contribution in [0.15, 0.2) is 48.5 Å². The smallest absolute Gasteiger partial charge is 0.227 e. The minimum absolute atomic E-state index is 0.124. The summed E-state index contributed by atoms with van der Waals surface area (Å²) in [6, 6.07) is 16.0. The predicted molar refractivity (Wildman–Crippen MR) is 94.4 cm³/mol. The van der Waals surface area contributed by atoms with Crippen molar-refractivity contribution in [3.63, 3.8) is 0 Å². The zero-order chi connectivity index (χ0) is 16.2. The average molecular weight is 329 g/mol. The molecule has 120 valence electrons. The van der Waals surface area contributed by atoms with Crippen LogP contribution in [0.1, 0.15) is 24.0 Å². The zero-order valence-electron chi connectivity index (χ0n) is 13.3. The van der Waals surface area contributed by atoms with Crippen molar-refractivity contribution >= 4 is 23.2 Å². The van der Waals surface area contributed by atoms with E-state index in [0.717, 1.165) is 37.2 Å². The van der Waals surface area contributed by atoms with Gasteiger partial charge in [-0.05, 0) is 49.2 Å². The van der Waals surface area contributed by atoms with E-state index in [0.29, 0.717) is 5.02 Å². The molecule has 0 spiro atoms. The van der Waals surface area contributed by atoms with Crippen molar-refractivity contribution in [1.29, 1.82) is 0 Å². The van der Waals surface area contributed by atoms with Crippen molar-refractivity contribution in [2.45, 2.75) is 25.9 Å². The van der Waals surface area contributed by atoms with Crippen LogP contribution in [-0.4, -0.2) is 17.9 Å². The fourth-order valence-corrected chi connectivity index (χ4v) is 2.83. The highest BCUT2D eigenvalue weighted by Crippen LogP contribution is 2.31. The van der Waals surface area contributed by atoms with Gasteiger partial charge >= 0.3 is 0 Å². The van der Waals surface area contributed by atoms with Crippen molar-refractivity contribution in [3.05, 3.63) is 64.7 Å². The molecule has 0 bridgehead atoms. The SMILES string of the molecule is CN(Cc1ccccc1)Cc1cc(Cl)ccc1NC(=O)C1CC1. The van der Waals surface area contributed by atoms with Crippen LogP contribution in [0.4, 0.5) is 5.69 Å². The number of hydrogen-bond donors (Lipinski definition) is 1. The first-order chi connectivity index (χ1) is 11.1. The van der Waals surface area contributed by atoms with Gasteiger partial charge in [0, 0.05) is 29.7 Å². The fraction of sp³-hybridized carbons (Fsp3) is 0.316. The Hall–Kier alpha value is -1.84. The third-order valence-electron chi connectivity index (χ3n) is 4.01. The zero-order valence-corrected chi connectivity index (χ0v) is 14.0. The number of hydrogen-bond acceptors (Lipinski definition) is 2. The van der Waals surface area contributed by atoms with Gasteiger partial charge in [0.2, 0.25) is 5.91 Å². The highest BCUT2D eigenvalue weighted by Gasteiger charge is 2.29. The molecule has 1 aliphatic carbocycles. The summed E-state index contributed by atoms with van der Waals surface area (Å²) in [7, 11) is 2.07. The Morgan fingerprint density at radius 3 is 2.61 bits per heavy atom. The third kappa shape index (κ3) is 4.57. The van der Waals surface area contributed by atoms with Crippen LogP contribution in [0.2, 0.25) is 5.02 Å². The van der Waals surface area contributed by atoms with Gasteiger partial charge in [-0.2, -0.15) is 0 Å². The summed E-state index contributed by atoms with van der Waals surface area (Å²) >= 11 is 6.14. The van der Waals surface area contributed by atoms with E-state index in [2.05, 4.69) is 29.4 Å². The molecule has 1 amide bonds. The molecule has 0 radical (unpaired) electrons. The molecule has 1 N–H and O–H groups in total. The number of benzene rings is 2. The number of anilines is 1. The molecule has 0 atom stereocenters. The molecule has 3 rings (SSSR count). The van der Waals surface area contributed by atoms with Crippen molar-refractivity contribution in [1.82, 2.24) is 4.90 Å². The third-order valence-corrected chi connectivity index (χ3v) is 4.24. The van der Waals surface area contributed by atoms with E-state index in [1.165, 1.54) is 5.56 Å². The number of carbonyl (C=O) groups excluding carboxylic acids is 1. The predicted octanol–water partition coefficient (Wildman–Crippen LogP) is 4.32. The van der Waals surface area contributed by atoms with Gasteiger partial charge in [-0.25, -0.2) is 0 Å². The molecule has 0 unspecified atom stereocenters. The second-order valence-electron chi connectivity index (χ2n) is 6.22. The molecule has 0 aliphatic heterocycles. The van der Waals surface area contributed by atoms with Crippen molar-refractivity contribution in [2.24, 2.45) is 5.92 Å². The normalized spacial score (nSPS) is 14.0. The van der Waals surface area contributed by atoms with Crippen molar-refractivity contribution in [3.8, 4) is 0 Å². The lowest BCUT2D eigenvalue weighted by molar-refractivity contribution is -0.117. The Morgan fingerprint density at radius 1 is 1.17 bits per heavy atom. The summed E-state index contributed by atoms with van der Waals surface area (Å²) in [5.74, 6) is 0.319. The lowest BCUT2D eigenvalue weighted by Gasteiger charge is -2.19. The van der Waals surface area contributed by atoms with Crippen molar-refractivity contribution < 1.29 is 4.79 Å².